The van der Waals surface area contributed by atoms with Crippen LogP contribution in [0.4, 0.5) is 0 Å². The Morgan fingerprint density at radius 1 is 1.21 bits per heavy atom. The number of H-pyrrole nitrogens is 1. The molecule has 1 aromatic heterocycles. The lowest BCUT2D eigenvalue weighted by Crippen LogP contribution is -2.42. The van der Waals surface area contributed by atoms with Crippen molar-refractivity contribution in [1.82, 2.24) is 4.98 Å². The van der Waals surface area contributed by atoms with Gasteiger partial charge in [0.25, 0.3) is 0 Å². The minimum absolute atomic E-state index is 0.0244. The molecule has 1 heterocycles. The molecule has 0 saturated carbocycles. The normalized spacial score (nSPS) is 12.6. The van der Waals surface area contributed by atoms with E-state index in [0.717, 1.165) is 0 Å². The zero-order valence-electron chi connectivity index (χ0n) is 16.6. The number of nitrogens with one attached hydrogen (secondary N) is 1. The number of esters is 1. The molecule has 10 nitrogen and oxygen atoms in total. The van der Waals surface area contributed by atoms with Gasteiger partial charge in [0.2, 0.25) is 12.3 Å². The van der Waals surface area contributed by atoms with Crippen molar-refractivity contribution in [2.45, 2.75) is 45.4 Å². The first kappa shape index (κ1) is 23.4. The predicted molar refractivity (Wildman–Crippen MR) is 97.5 cm³/mol. The van der Waals surface area contributed by atoms with E-state index in [-0.39, 0.29) is 18.4 Å². The first-order valence-corrected chi connectivity index (χ1v) is 8.54. The maximum Gasteiger partial charge on any atom is 0.313 e. The Balaban J connectivity index is 2.93. The molecule has 0 saturated heterocycles. The van der Waals surface area contributed by atoms with Crippen LogP contribution in [0.2, 0.25) is 0 Å². The van der Waals surface area contributed by atoms with Crippen LogP contribution in [-0.2, 0) is 30.2 Å². The molecule has 0 radical (unpaired) electrons. The van der Waals surface area contributed by atoms with E-state index in [2.05, 4.69) is 9.72 Å². The molecule has 1 N–H and O–H groups in total. The number of carbonyl (C=O) groups is 3. The maximum absolute atomic E-state index is 12.3. The Labute approximate surface area is 162 Å². The van der Waals surface area contributed by atoms with Crippen LogP contribution in [0.3, 0.4) is 0 Å². The number of carbonyl (C=O) groups excluding carboxylic acids is 3. The fourth-order valence-electron chi connectivity index (χ4n) is 2.88. The van der Waals surface area contributed by atoms with Gasteiger partial charge in [0.1, 0.15) is 6.42 Å². The number of Topliss-reactive ketones (excluding diaryl/α,β-unsaturated/α-hetero) is 2. The largest absolute Gasteiger partial charge is 0.469 e. The van der Waals surface area contributed by atoms with Gasteiger partial charge in [0.15, 0.2) is 11.6 Å². The number of hydrogen-bond donors (Lipinski definition) is 1. The van der Waals surface area contributed by atoms with E-state index < -0.39 is 46.6 Å². The molecule has 0 bridgehead atoms. The summed E-state index contributed by atoms with van der Waals surface area (Å²) in [6.07, 6.45) is -0.257. The highest BCUT2D eigenvalue weighted by Crippen LogP contribution is 2.31. The summed E-state index contributed by atoms with van der Waals surface area (Å²) >= 11 is 0. The van der Waals surface area contributed by atoms with Crippen molar-refractivity contribution in [1.29, 1.82) is 0 Å². The fourth-order valence-corrected chi connectivity index (χ4v) is 2.88. The number of hydrogen-bond acceptors (Lipinski definition) is 8. The molecule has 0 amide bonds. The number of aromatic amines is 1. The smallest absolute Gasteiger partial charge is 0.313 e. The molecule has 0 aliphatic rings. The van der Waals surface area contributed by atoms with Crippen LogP contribution in [0.5, 0.6) is 0 Å². The lowest BCUT2D eigenvalue weighted by molar-refractivity contribution is -0.540. The highest BCUT2D eigenvalue weighted by molar-refractivity contribution is 6.05. The topological polar surface area (TPSA) is 138 Å². The molecule has 0 spiro atoms. The quantitative estimate of drug-likeness (QED) is 0.140. The van der Waals surface area contributed by atoms with Crippen LogP contribution in [0.15, 0.2) is 12.3 Å². The summed E-state index contributed by atoms with van der Waals surface area (Å²) in [7, 11) is 3.81. The maximum atomic E-state index is 12.3. The molecule has 0 fully saturated rings. The first-order valence-electron chi connectivity index (χ1n) is 8.54. The summed E-state index contributed by atoms with van der Waals surface area (Å²) < 4.78 is 14.3. The molecular weight excluding hydrogens is 372 g/mol. The minimum atomic E-state index is -1.10. The van der Waals surface area contributed by atoms with Gasteiger partial charge in [-0.25, -0.2) is 0 Å². The number of ketones is 2. The van der Waals surface area contributed by atoms with Crippen molar-refractivity contribution in [3.05, 3.63) is 33.6 Å². The van der Waals surface area contributed by atoms with Gasteiger partial charge in [-0.15, -0.1) is 0 Å². The molecule has 156 valence electrons. The molecule has 1 atom stereocenters. The van der Waals surface area contributed by atoms with Gasteiger partial charge in [0, 0.05) is 48.4 Å². The number of nitrogens with zero attached hydrogens (tertiary/aromatic N) is 1. The average Bonchev–Trinajstić information content (AvgIpc) is 3.08. The van der Waals surface area contributed by atoms with Gasteiger partial charge in [-0.2, -0.15) is 0 Å². The highest BCUT2D eigenvalue weighted by atomic mass is 16.7. The van der Waals surface area contributed by atoms with Gasteiger partial charge in [-0.05, 0) is 6.07 Å². The first-order chi connectivity index (χ1) is 13.0. The molecular formula is C18H26N2O8. The molecule has 0 aliphatic carbocycles. The van der Waals surface area contributed by atoms with Crippen molar-refractivity contribution in [2.24, 2.45) is 5.41 Å². The van der Waals surface area contributed by atoms with E-state index in [1.165, 1.54) is 33.6 Å². The number of methoxy groups -OCH3 is 3. The van der Waals surface area contributed by atoms with Gasteiger partial charge in [-0.1, -0.05) is 13.8 Å². The predicted octanol–water partition coefficient (Wildman–Crippen LogP) is 1.55. The second-order valence-electron chi connectivity index (χ2n) is 7.03. The summed E-state index contributed by atoms with van der Waals surface area (Å²) in [5.74, 6) is -1.52. The number of aromatic nitrogens is 1. The lowest BCUT2D eigenvalue weighted by atomic mass is 9.78. The van der Waals surface area contributed by atoms with Crippen LogP contribution in [-0.4, -0.2) is 61.1 Å². The van der Waals surface area contributed by atoms with Gasteiger partial charge < -0.3 is 19.2 Å². The summed E-state index contributed by atoms with van der Waals surface area (Å²) in [5.41, 5.74) is -0.322. The second-order valence-corrected chi connectivity index (χ2v) is 7.03. The molecule has 1 aromatic rings. The van der Waals surface area contributed by atoms with E-state index in [4.69, 9.17) is 9.47 Å². The van der Waals surface area contributed by atoms with E-state index in [9.17, 15) is 24.5 Å². The zero-order valence-corrected chi connectivity index (χ0v) is 16.6. The van der Waals surface area contributed by atoms with Crippen LogP contribution >= 0.6 is 0 Å². The number of ether oxygens (including phenoxy) is 3. The third-order valence-electron chi connectivity index (χ3n) is 4.49. The highest BCUT2D eigenvalue weighted by Gasteiger charge is 2.42. The second kappa shape index (κ2) is 10.1. The van der Waals surface area contributed by atoms with E-state index in [1.807, 2.05) is 0 Å². The monoisotopic (exact) mass is 398 g/mol. The molecule has 0 aliphatic heterocycles. The summed E-state index contributed by atoms with van der Waals surface area (Å²) in [6, 6.07) is 0.361. The lowest BCUT2D eigenvalue weighted by Gasteiger charge is -2.28. The van der Waals surface area contributed by atoms with E-state index in [1.54, 1.807) is 13.8 Å². The van der Waals surface area contributed by atoms with Crippen LogP contribution < -0.4 is 0 Å². The number of nitro groups is 1. The third kappa shape index (κ3) is 6.24. The Hall–Kier alpha value is -2.59. The van der Waals surface area contributed by atoms with Crippen molar-refractivity contribution < 1.29 is 33.5 Å². The standard InChI is InChI=1S/C18H26N2O8/c1-18(2,9-14(22)17(27-4)28-5)15(20(24)25)7-12-6-11(10-19-12)13(21)8-16(23)26-3/h6,10,15,17,19H,7-9H2,1-5H3. The molecule has 10 heteroatoms. The van der Waals surface area contributed by atoms with E-state index >= 15 is 0 Å². The SMILES string of the molecule is COC(=O)CC(=O)c1c[nH]c(CC([N+](=O)[O-])C(C)(C)CC(=O)C(OC)OC)c1. The number of rotatable bonds is 12. The Morgan fingerprint density at radius 2 is 1.82 bits per heavy atom. The average molecular weight is 398 g/mol. The van der Waals surface area contributed by atoms with Gasteiger partial charge >= 0.3 is 5.97 Å². The van der Waals surface area contributed by atoms with Gasteiger partial charge in [0.05, 0.1) is 13.5 Å². The van der Waals surface area contributed by atoms with Crippen molar-refractivity contribution in [2.75, 3.05) is 21.3 Å². The van der Waals surface area contributed by atoms with Crippen LogP contribution in [0.25, 0.3) is 0 Å². The Morgan fingerprint density at radius 3 is 2.32 bits per heavy atom. The Kier molecular flexibility index (Phi) is 8.45. The molecule has 0 aromatic carbocycles. The summed E-state index contributed by atoms with van der Waals surface area (Å²) in [4.78, 5) is 49.5. The van der Waals surface area contributed by atoms with Crippen molar-refractivity contribution in [3.8, 4) is 0 Å². The van der Waals surface area contributed by atoms with Crippen molar-refractivity contribution in [3.63, 3.8) is 0 Å². The zero-order chi connectivity index (χ0) is 21.5. The molecule has 1 unspecified atom stereocenters. The fraction of sp³-hybridized carbons (Fsp3) is 0.611. The molecule has 1 rings (SSSR count). The Bertz CT molecular complexity index is 721. The summed E-state index contributed by atoms with van der Waals surface area (Å²) in [5, 5.41) is 11.7. The minimum Gasteiger partial charge on any atom is -0.469 e. The van der Waals surface area contributed by atoms with Crippen LogP contribution in [0, 0.1) is 15.5 Å². The van der Waals surface area contributed by atoms with Crippen LogP contribution in [0.1, 0.15) is 42.7 Å². The van der Waals surface area contributed by atoms with Crippen molar-refractivity contribution >= 4 is 17.5 Å². The third-order valence-corrected chi connectivity index (χ3v) is 4.49. The van der Waals surface area contributed by atoms with Gasteiger partial charge in [-0.3, -0.25) is 24.5 Å². The summed E-state index contributed by atoms with van der Waals surface area (Å²) in [6.45, 7) is 3.24. The molecule has 28 heavy (non-hydrogen) atoms. The van der Waals surface area contributed by atoms with E-state index in [0.29, 0.717) is 5.69 Å².